The lowest BCUT2D eigenvalue weighted by Gasteiger charge is -2.09. The molecule has 1 N–H and O–H groups in total. The number of amides is 1. The number of hydrogen-bond acceptors (Lipinski definition) is 6. The third kappa shape index (κ3) is 5.55. The van der Waals surface area contributed by atoms with Crippen molar-refractivity contribution in [1.29, 1.82) is 0 Å². The number of nitro groups is 1. The molecule has 148 valence electrons. The number of fused-ring (bicyclic) bond motifs is 1. The van der Waals surface area contributed by atoms with Gasteiger partial charge in [0.15, 0.2) is 6.61 Å². The van der Waals surface area contributed by atoms with Gasteiger partial charge in [-0.1, -0.05) is 36.4 Å². The summed E-state index contributed by atoms with van der Waals surface area (Å²) < 4.78 is 5.00. The van der Waals surface area contributed by atoms with Crippen LogP contribution in [0, 0.1) is 17.0 Å². The summed E-state index contributed by atoms with van der Waals surface area (Å²) in [5.74, 6) is -1.01. The summed E-state index contributed by atoms with van der Waals surface area (Å²) in [6, 6.07) is 18.0. The molecule has 0 aromatic heterocycles. The normalized spacial score (nSPS) is 10.5. The average Bonchev–Trinajstić information content (AvgIpc) is 2.72. The van der Waals surface area contributed by atoms with E-state index in [-0.39, 0.29) is 11.4 Å². The molecule has 7 nitrogen and oxygen atoms in total. The second-order valence-corrected chi connectivity index (χ2v) is 7.31. The van der Waals surface area contributed by atoms with Crippen LogP contribution in [0.2, 0.25) is 0 Å². The molecule has 0 saturated carbocycles. The maximum absolute atomic E-state index is 12.0. The predicted molar refractivity (Wildman–Crippen MR) is 112 cm³/mol. The minimum absolute atomic E-state index is 0.0709. The lowest BCUT2D eigenvalue weighted by molar-refractivity contribution is -0.384. The number of esters is 1. The number of hydrogen-bond donors (Lipinski definition) is 1. The molecule has 8 heteroatoms. The molecule has 0 radical (unpaired) electrons. The highest BCUT2D eigenvalue weighted by molar-refractivity contribution is 8.00. The highest BCUT2D eigenvalue weighted by Gasteiger charge is 2.13. The first-order chi connectivity index (χ1) is 13.9. The zero-order chi connectivity index (χ0) is 20.8. The third-order valence-corrected chi connectivity index (χ3v) is 5.12. The van der Waals surface area contributed by atoms with E-state index in [9.17, 15) is 19.7 Å². The number of carbonyl (C=O) groups is 2. The van der Waals surface area contributed by atoms with Gasteiger partial charge in [-0.25, -0.2) is 0 Å². The summed E-state index contributed by atoms with van der Waals surface area (Å²) in [7, 11) is 0. The zero-order valence-electron chi connectivity index (χ0n) is 15.6. The number of non-ortho nitro benzene ring substituents is 1. The maximum atomic E-state index is 12.0. The van der Waals surface area contributed by atoms with Crippen LogP contribution in [0.3, 0.4) is 0 Å². The molecule has 3 aromatic rings. The van der Waals surface area contributed by atoms with Gasteiger partial charge in [0, 0.05) is 17.0 Å². The molecule has 3 aromatic carbocycles. The summed E-state index contributed by atoms with van der Waals surface area (Å²) in [5.41, 5.74) is 0.850. The smallest absolute Gasteiger partial charge is 0.316 e. The van der Waals surface area contributed by atoms with Gasteiger partial charge in [-0.2, -0.15) is 0 Å². The van der Waals surface area contributed by atoms with E-state index in [1.807, 2.05) is 42.5 Å². The molecule has 0 atom stereocenters. The summed E-state index contributed by atoms with van der Waals surface area (Å²) in [5, 5.41) is 15.6. The van der Waals surface area contributed by atoms with Crippen LogP contribution in [-0.4, -0.2) is 29.2 Å². The number of thioether (sulfide) groups is 1. The van der Waals surface area contributed by atoms with E-state index < -0.39 is 23.4 Å². The van der Waals surface area contributed by atoms with Gasteiger partial charge < -0.3 is 10.1 Å². The van der Waals surface area contributed by atoms with Crippen LogP contribution in [-0.2, 0) is 14.3 Å². The molecule has 0 unspecified atom stereocenters. The Labute approximate surface area is 171 Å². The molecular formula is C21H18N2O5S. The van der Waals surface area contributed by atoms with Crippen LogP contribution < -0.4 is 5.32 Å². The SMILES string of the molecule is Cc1ccc([N+](=O)[O-])cc1NC(=O)COC(=O)CSc1ccc2ccccc2c1. The molecule has 0 aliphatic carbocycles. The molecule has 0 saturated heterocycles. The minimum atomic E-state index is -0.558. The number of rotatable bonds is 7. The number of anilines is 1. The number of benzene rings is 3. The van der Waals surface area contributed by atoms with Crippen LogP contribution in [0.5, 0.6) is 0 Å². The Hall–Kier alpha value is -3.39. The molecule has 0 bridgehead atoms. The third-order valence-electron chi connectivity index (χ3n) is 4.15. The van der Waals surface area contributed by atoms with Crippen LogP contribution >= 0.6 is 11.8 Å². The number of nitro benzene ring substituents is 1. The van der Waals surface area contributed by atoms with Crippen molar-refractivity contribution in [3.05, 3.63) is 76.3 Å². The van der Waals surface area contributed by atoms with Gasteiger partial charge in [-0.3, -0.25) is 19.7 Å². The van der Waals surface area contributed by atoms with Gasteiger partial charge in [0.1, 0.15) is 0 Å². The Bertz CT molecular complexity index is 1080. The van der Waals surface area contributed by atoms with E-state index in [0.29, 0.717) is 11.3 Å². The summed E-state index contributed by atoms with van der Waals surface area (Å²) in [6.45, 7) is 1.25. The van der Waals surface area contributed by atoms with Gasteiger partial charge >= 0.3 is 5.97 Å². The zero-order valence-corrected chi connectivity index (χ0v) is 16.4. The Morgan fingerprint density at radius 1 is 1.07 bits per heavy atom. The monoisotopic (exact) mass is 410 g/mol. The van der Waals surface area contributed by atoms with Crippen molar-refractivity contribution in [2.45, 2.75) is 11.8 Å². The molecule has 0 fully saturated rings. The van der Waals surface area contributed by atoms with Gasteiger partial charge in [-0.15, -0.1) is 11.8 Å². The van der Waals surface area contributed by atoms with E-state index in [2.05, 4.69) is 5.32 Å². The molecule has 0 aliphatic rings. The van der Waals surface area contributed by atoms with Crippen LogP contribution in [0.1, 0.15) is 5.56 Å². The van der Waals surface area contributed by atoms with Crippen molar-refractivity contribution < 1.29 is 19.2 Å². The Morgan fingerprint density at radius 2 is 1.83 bits per heavy atom. The van der Waals surface area contributed by atoms with Gasteiger partial charge in [-0.05, 0) is 35.4 Å². The van der Waals surface area contributed by atoms with Crippen molar-refractivity contribution in [2.24, 2.45) is 0 Å². The molecule has 29 heavy (non-hydrogen) atoms. The van der Waals surface area contributed by atoms with Crippen molar-refractivity contribution in [3.63, 3.8) is 0 Å². The highest BCUT2D eigenvalue weighted by Crippen LogP contribution is 2.24. The van der Waals surface area contributed by atoms with Gasteiger partial charge in [0.05, 0.1) is 16.4 Å². The first-order valence-electron chi connectivity index (χ1n) is 8.74. The number of ether oxygens (including phenoxy) is 1. The maximum Gasteiger partial charge on any atom is 0.316 e. The Morgan fingerprint density at radius 3 is 2.59 bits per heavy atom. The fourth-order valence-corrected chi connectivity index (χ4v) is 3.37. The Balaban J connectivity index is 1.49. The topological polar surface area (TPSA) is 98.5 Å². The number of nitrogens with zero attached hydrogens (tertiary/aromatic N) is 1. The summed E-state index contributed by atoms with van der Waals surface area (Å²) in [6.07, 6.45) is 0. The van der Waals surface area contributed by atoms with Crippen LogP contribution in [0.4, 0.5) is 11.4 Å². The second kappa shape index (κ2) is 9.20. The fourth-order valence-electron chi connectivity index (χ4n) is 2.63. The van der Waals surface area contributed by atoms with E-state index in [1.54, 1.807) is 13.0 Å². The van der Waals surface area contributed by atoms with Crippen molar-refractivity contribution in [3.8, 4) is 0 Å². The first-order valence-corrected chi connectivity index (χ1v) is 9.73. The standard InChI is InChI=1S/C21H18N2O5S/c1-14-6-8-17(23(26)27)11-19(14)22-20(24)12-28-21(25)13-29-18-9-7-15-4-2-3-5-16(15)10-18/h2-11H,12-13H2,1H3,(H,22,24). The molecular weight excluding hydrogens is 392 g/mol. The molecule has 1 amide bonds. The second-order valence-electron chi connectivity index (χ2n) is 6.26. The van der Waals surface area contributed by atoms with Crippen molar-refractivity contribution >= 4 is 45.8 Å². The molecule has 0 heterocycles. The van der Waals surface area contributed by atoms with E-state index in [4.69, 9.17) is 4.74 Å². The van der Waals surface area contributed by atoms with Crippen LogP contribution in [0.25, 0.3) is 10.8 Å². The van der Waals surface area contributed by atoms with Gasteiger partial charge in [0.25, 0.3) is 11.6 Å². The van der Waals surface area contributed by atoms with E-state index in [0.717, 1.165) is 15.7 Å². The molecule has 0 aliphatic heterocycles. The average molecular weight is 410 g/mol. The number of carbonyl (C=O) groups excluding carboxylic acids is 2. The lowest BCUT2D eigenvalue weighted by atomic mass is 10.1. The molecule has 3 rings (SSSR count). The first kappa shape index (κ1) is 20.3. The summed E-state index contributed by atoms with van der Waals surface area (Å²) in [4.78, 5) is 35.2. The largest absolute Gasteiger partial charge is 0.455 e. The Kier molecular flexibility index (Phi) is 6.46. The highest BCUT2D eigenvalue weighted by atomic mass is 32.2. The number of nitrogens with one attached hydrogen (secondary N) is 1. The number of aryl methyl sites for hydroxylation is 1. The van der Waals surface area contributed by atoms with Gasteiger partial charge in [0.2, 0.25) is 0 Å². The minimum Gasteiger partial charge on any atom is -0.455 e. The predicted octanol–water partition coefficient (Wildman–Crippen LogP) is 4.33. The van der Waals surface area contributed by atoms with E-state index >= 15 is 0 Å². The van der Waals surface area contributed by atoms with E-state index in [1.165, 1.54) is 23.9 Å². The van der Waals surface area contributed by atoms with Crippen molar-refractivity contribution in [1.82, 2.24) is 0 Å². The van der Waals surface area contributed by atoms with Crippen molar-refractivity contribution in [2.75, 3.05) is 17.7 Å². The lowest BCUT2D eigenvalue weighted by Crippen LogP contribution is -2.22. The van der Waals surface area contributed by atoms with Crippen LogP contribution in [0.15, 0.2) is 65.6 Å². The fraction of sp³-hybridized carbons (Fsp3) is 0.143. The summed E-state index contributed by atoms with van der Waals surface area (Å²) >= 11 is 1.33. The quantitative estimate of drug-likeness (QED) is 0.269. The molecule has 0 spiro atoms.